The molecule has 0 radical (unpaired) electrons. The minimum Gasteiger partial charge on any atom is -0.497 e. The van der Waals surface area contributed by atoms with Gasteiger partial charge in [-0.3, -0.25) is 24.1 Å². The van der Waals surface area contributed by atoms with Crippen molar-refractivity contribution in [2.75, 3.05) is 45.2 Å². The van der Waals surface area contributed by atoms with Gasteiger partial charge in [0.05, 0.1) is 39.7 Å². The molecule has 1 aliphatic heterocycles. The number of rotatable bonds is 12. The summed E-state index contributed by atoms with van der Waals surface area (Å²) < 4.78 is 35.7. The van der Waals surface area contributed by atoms with Crippen molar-refractivity contribution in [3.05, 3.63) is 107 Å². The number of hydrogen-bond acceptors (Lipinski definition) is 8. The van der Waals surface area contributed by atoms with Crippen molar-refractivity contribution >= 4 is 34.9 Å². The smallest absolute Gasteiger partial charge is 0.299 e. The zero-order valence-electron chi connectivity index (χ0n) is 26.1. The molecule has 3 amide bonds. The molecule has 47 heavy (non-hydrogen) atoms. The number of ketones is 1. The number of anilines is 2. The maximum Gasteiger partial charge on any atom is 0.299 e. The Labute approximate surface area is 270 Å². The van der Waals surface area contributed by atoms with Crippen LogP contribution in [-0.4, -0.2) is 63.4 Å². The second-order valence-corrected chi connectivity index (χ2v) is 10.5. The summed E-state index contributed by atoms with van der Waals surface area (Å²) in [6, 6.07) is 20.2. The van der Waals surface area contributed by atoms with Gasteiger partial charge >= 0.3 is 0 Å². The van der Waals surface area contributed by atoms with E-state index in [-0.39, 0.29) is 40.6 Å². The normalized spacial score (nSPS) is 12.7. The summed E-state index contributed by atoms with van der Waals surface area (Å²) >= 11 is 0. The lowest BCUT2D eigenvalue weighted by atomic mass is 10.0. The van der Waals surface area contributed by atoms with Crippen LogP contribution >= 0.6 is 0 Å². The van der Waals surface area contributed by atoms with Gasteiger partial charge in [-0.15, -0.1) is 0 Å². The Kier molecular flexibility index (Phi) is 9.69. The highest BCUT2D eigenvalue weighted by molar-refractivity contribution is 6.52. The van der Waals surface area contributed by atoms with E-state index in [0.29, 0.717) is 17.0 Å². The molecule has 0 fully saturated rings. The number of carbonyl (C=O) groups excluding carboxylic acids is 4. The van der Waals surface area contributed by atoms with E-state index < -0.39 is 41.9 Å². The summed E-state index contributed by atoms with van der Waals surface area (Å²) in [5, 5.41) is 2.85. The van der Waals surface area contributed by atoms with Crippen LogP contribution in [0.2, 0.25) is 0 Å². The second kappa shape index (κ2) is 14.0. The van der Waals surface area contributed by atoms with Crippen LogP contribution in [0.5, 0.6) is 23.0 Å². The molecule has 1 aliphatic rings. The highest BCUT2D eigenvalue weighted by Crippen LogP contribution is 2.41. The Morgan fingerprint density at radius 2 is 1.47 bits per heavy atom. The lowest BCUT2D eigenvalue weighted by Crippen LogP contribution is -2.46. The number of methoxy groups -OCH3 is 4. The number of Topliss-reactive ketones (excluding diaryl/α,β-unsaturated/α-hetero) is 1. The van der Waals surface area contributed by atoms with Crippen LogP contribution in [0.15, 0.2) is 84.9 Å². The first-order valence-corrected chi connectivity index (χ1v) is 14.4. The number of amides is 3. The van der Waals surface area contributed by atoms with E-state index >= 15 is 0 Å². The molecule has 1 atom stereocenters. The van der Waals surface area contributed by atoms with Gasteiger partial charge in [-0.2, -0.15) is 0 Å². The molecule has 242 valence electrons. The maximum absolute atomic E-state index is 14.4. The molecule has 4 aromatic rings. The molecule has 0 aliphatic carbocycles. The number of nitrogens with one attached hydrogen (secondary N) is 1. The number of hydrogen-bond donors (Lipinski definition) is 1. The molecular formula is C35H32FN3O8. The molecule has 0 spiro atoms. The minimum atomic E-state index is -1.35. The molecule has 1 heterocycles. The second-order valence-electron chi connectivity index (χ2n) is 10.5. The van der Waals surface area contributed by atoms with Crippen LogP contribution in [-0.2, 0) is 20.9 Å². The van der Waals surface area contributed by atoms with Crippen molar-refractivity contribution in [3.8, 4) is 23.0 Å². The Hall–Kier alpha value is -5.91. The van der Waals surface area contributed by atoms with Crippen molar-refractivity contribution in [1.29, 1.82) is 0 Å². The van der Waals surface area contributed by atoms with Gasteiger partial charge in [-0.1, -0.05) is 24.3 Å². The monoisotopic (exact) mass is 641 g/mol. The lowest BCUT2D eigenvalue weighted by molar-refractivity contribution is -0.139. The van der Waals surface area contributed by atoms with Crippen LogP contribution in [0.3, 0.4) is 0 Å². The van der Waals surface area contributed by atoms with Gasteiger partial charge in [0.1, 0.15) is 24.2 Å². The van der Waals surface area contributed by atoms with Crippen molar-refractivity contribution in [1.82, 2.24) is 4.90 Å². The Morgan fingerprint density at radius 3 is 2.06 bits per heavy atom. The quantitative estimate of drug-likeness (QED) is 0.219. The zero-order chi connectivity index (χ0) is 33.7. The number of nitrogens with zero attached hydrogens (tertiary/aromatic N) is 2. The van der Waals surface area contributed by atoms with Crippen LogP contribution in [0, 0.1) is 5.82 Å². The standard InChI is InChI=1S/C35H32FN3O8/c1-44-25-15-13-24(14-16-25)37-34(42)31(22-17-28(45-2)33(47-4)29(18-22)46-3)39(19-21-9-11-23(36)12-10-21)30(40)20-38-27-8-6-5-7-26(27)32(41)35(38)43/h5-18,31H,19-20H2,1-4H3,(H,37,42). The van der Waals surface area contributed by atoms with Crippen LogP contribution < -0.4 is 29.2 Å². The zero-order valence-corrected chi connectivity index (χ0v) is 26.1. The molecular weight excluding hydrogens is 609 g/mol. The number of ether oxygens (including phenoxy) is 4. The molecule has 0 bridgehead atoms. The van der Waals surface area contributed by atoms with Gasteiger partial charge in [0.2, 0.25) is 11.7 Å². The lowest BCUT2D eigenvalue weighted by Gasteiger charge is -2.33. The molecule has 5 rings (SSSR count). The van der Waals surface area contributed by atoms with E-state index in [0.717, 1.165) is 4.90 Å². The minimum absolute atomic E-state index is 0.173. The Morgan fingerprint density at radius 1 is 0.830 bits per heavy atom. The highest BCUT2D eigenvalue weighted by Gasteiger charge is 2.40. The van der Waals surface area contributed by atoms with Crippen molar-refractivity contribution in [3.63, 3.8) is 0 Å². The molecule has 4 aromatic carbocycles. The number of benzene rings is 4. The largest absolute Gasteiger partial charge is 0.497 e. The molecule has 0 saturated heterocycles. The molecule has 0 saturated carbocycles. The number of carbonyl (C=O) groups is 4. The van der Waals surface area contributed by atoms with Gasteiger partial charge < -0.3 is 29.2 Å². The van der Waals surface area contributed by atoms with E-state index in [4.69, 9.17) is 18.9 Å². The van der Waals surface area contributed by atoms with E-state index in [1.54, 1.807) is 54.6 Å². The number of fused-ring (bicyclic) bond motifs is 1. The third kappa shape index (κ3) is 6.71. The van der Waals surface area contributed by atoms with Gasteiger partial charge in [-0.05, 0) is 71.8 Å². The average molecular weight is 642 g/mol. The van der Waals surface area contributed by atoms with Crippen LogP contribution in [0.4, 0.5) is 15.8 Å². The Balaban J connectivity index is 1.63. The predicted molar refractivity (Wildman–Crippen MR) is 171 cm³/mol. The summed E-state index contributed by atoms with van der Waals surface area (Å²) in [5.41, 5.74) is 1.65. The summed E-state index contributed by atoms with van der Waals surface area (Å²) in [4.78, 5) is 56.8. The summed E-state index contributed by atoms with van der Waals surface area (Å²) in [7, 11) is 5.79. The summed E-state index contributed by atoms with van der Waals surface area (Å²) in [5.74, 6) is -2.09. The fraction of sp³-hybridized carbons (Fsp3) is 0.200. The first kappa shape index (κ1) is 32.5. The predicted octanol–water partition coefficient (Wildman–Crippen LogP) is 4.80. The van der Waals surface area contributed by atoms with Gasteiger partial charge in [0.15, 0.2) is 11.5 Å². The molecule has 1 N–H and O–H groups in total. The van der Waals surface area contributed by atoms with Crippen molar-refractivity contribution in [2.45, 2.75) is 12.6 Å². The van der Waals surface area contributed by atoms with E-state index in [9.17, 15) is 23.6 Å². The maximum atomic E-state index is 14.4. The molecule has 1 unspecified atom stereocenters. The molecule has 11 nitrogen and oxygen atoms in total. The first-order valence-electron chi connectivity index (χ1n) is 14.4. The van der Waals surface area contributed by atoms with Crippen molar-refractivity contribution in [2.24, 2.45) is 0 Å². The van der Waals surface area contributed by atoms with E-state index in [1.807, 2.05) is 0 Å². The Bertz CT molecular complexity index is 1790. The van der Waals surface area contributed by atoms with Gasteiger partial charge in [0, 0.05) is 12.2 Å². The fourth-order valence-corrected chi connectivity index (χ4v) is 5.36. The van der Waals surface area contributed by atoms with E-state index in [1.165, 1.54) is 63.7 Å². The summed E-state index contributed by atoms with van der Waals surface area (Å²) in [6.07, 6.45) is 0. The SMILES string of the molecule is COc1ccc(NC(=O)C(c2cc(OC)c(OC)c(OC)c2)N(Cc2ccc(F)cc2)C(=O)CN2C(=O)C(=O)c3ccccc32)cc1. The van der Waals surface area contributed by atoms with Crippen LogP contribution in [0.25, 0.3) is 0 Å². The topological polar surface area (TPSA) is 124 Å². The molecule has 12 heteroatoms. The highest BCUT2D eigenvalue weighted by atomic mass is 19.1. The number of para-hydroxylation sites is 1. The number of halogens is 1. The van der Waals surface area contributed by atoms with Gasteiger partial charge in [0.25, 0.3) is 17.6 Å². The van der Waals surface area contributed by atoms with Crippen LogP contribution in [0.1, 0.15) is 27.5 Å². The van der Waals surface area contributed by atoms with Crippen molar-refractivity contribution < 1.29 is 42.5 Å². The fourth-order valence-electron chi connectivity index (χ4n) is 5.36. The molecule has 0 aromatic heterocycles. The first-order chi connectivity index (χ1) is 22.7. The summed E-state index contributed by atoms with van der Waals surface area (Å²) in [6.45, 7) is -0.729. The third-order valence-corrected chi connectivity index (χ3v) is 7.68. The van der Waals surface area contributed by atoms with Gasteiger partial charge in [-0.25, -0.2) is 4.39 Å². The average Bonchev–Trinajstić information content (AvgIpc) is 3.33. The third-order valence-electron chi connectivity index (χ3n) is 7.68. The van der Waals surface area contributed by atoms with E-state index in [2.05, 4.69) is 5.32 Å².